The molecule has 0 aromatic heterocycles. The van der Waals surface area contributed by atoms with Crippen LogP contribution in [-0.4, -0.2) is 40.1 Å². The maximum atomic E-state index is 13.3. The van der Waals surface area contributed by atoms with Crippen LogP contribution in [0.5, 0.6) is 0 Å². The fourth-order valence-corrected chi connectivity index (χ4v) is 8.39. The van der Waals surface area contributed by atoms with Crippen molar-refractivity contribution in [3.63, 3.8) is 0 Å². The highest BCUT2D eigenvalue weighted by atomic mass is 16.6. The third kappa shape index (κ3) is 3.55. The van der Waals surface area contributed by atoms with E-state index >= 15 is 0 Å². The standard InChI is InChI=1S/C27H39NO5/c1-25-12-10-19(29)14-17(25)8-9-20-21-11-13-27(32,26(21,2)15-22(30)24(20)25)23(31)16-33-28-18-6-4-3-5-7-18/h6,14,20-22,24,28,30,32H,3-5,7-13,15-16H2,1-2H3/t20?,21?,22-,24?,25?,26?,27-/m0/s1. The molecule has 0 saturated heterocycles. The molecular formula is C27H39NO5. The Balaban J connectivity index is 1.34. The Labute approximate surface area is 196 Å². The van der Waals surface area contributed by atoms with Crippen molar-refractivity contribution in [2.24, 2.45) is 28.6 Å². The van der Waals surface area contributed by atoms with Crippen LogP contribution in [-0.2, 0) is 14.4 Å². The van der Waals surface area contributed by atoms with Crippen LogP contribution in [0.15, 0.2) is 23.4 Å². The molecule has 6 heteroatoms. The molecule has 3 saturated carbocycles. The summed E-state index contributed by atoms with van der Waals surface area (Å²) in [5, 5.41) is 23.2. The van der Waals surface area contributed by atoms with Gasteiger partial charge >= 0.3 is 0 Å². The Morgan fingerprint density at radius 3 is 2.76 bits per heavy atom. The number of aliphatic hydroxyl groups excluding tert-OH is 1. The first-order valence-corrected chi connectivity index (χ1v) is 12.9. The summed E-state index contributed by atoms with van der Waals surface area (Å²) in [5.41, 5.74) is 2.82. The number of Topliss-reactive ketones (excluding diaryl/α,β-unsaturated/α-hetero) is 1. The van der Waals surface area contributed by atoms with Crippen molar-refractivity contribution in [3.05, 3.63) is 23.4 Å². The highest BCUT2D eigenvalue weighted by molar-refractivity contribution is 5.92. The van der Waals surface area contributed by atoms with Crippen LogP contribution >= 0.6 is 0 Å². The van der Waals surface area contributed by atoms with Gasteiger partial charge in [-0.3, -0.25) is 19.9 Å². The van der Waals surface area contributed by atoms with Gasteiger partial charge in [0.15, 0.2) is 11.6 Å². The second-order valence-corrected chi connectivity index (χ2v) is 11.8. The van der Waals surface area contributed by atoms with Gasteiger partial charge < -0.3 is 10.2 Å². The summed E-state index contributed by atoms with van der Waals surface area (Å²) in [6.07, 6.45) is 12.3. The van der Waals surface area contributed by atoms with Crippen LogP contribution in [0.3, 0.4) is 0 Å². The third-order valence-electron chi connectivity index (χ3n) is 10.2. The molecule has 0 aliphatic heterocycles. The van der Waals surface area contributed by atoms with Gasteiger partial charge in [-0.05, 0) is 93.5 Å². The topological polar surface area (TPSA) is 95.9 Å². The number of carbonyl (C=O) groups is 2. The van der Waals surface area contributed by atoms with Gasteiger partial charge in [-0.2, -0.15) is 0 Å². The summed E-state index contributed by atoms with van der Waals surface area (Å²) in [7, 11) is 0. The van der Waals surface area contributed by atoms with Crippen molar-refractivity contribution in [2.75, 3.05) is 6.61 Å². The minimum atomic E-state index is -1.48. The van der Waals surface area contributed by atoms with Crippen LogP contribution in [0.2, 0.25) is 0 Å². The number of carbonyl (C=O) groups excluding carboxylic acids is 2. The first-order valence-electron chi connectivity index (χ1n) is 12.9. The Morgan fingerprint density at radius 1 is 1.18 bits per heavy atom. The zero-order valence-corrected chi connectivity index (χ0v) is 20.1. The van der Waals surface area contributed by atoms with Crippen LogP contribution in [0.1, 0.15) is 84.5 Å². The van der Waals surface area contributed by atoms with Crippen molar-refractivity contribution < 1.29 is 24.6 Å². The number of hydrogen-bond donors (Lipinski definition) is 3. The number of aliphatic hydroxyl groups is 2. The molecule has 5 aliphatic carbocycles. The second kappa shape index (κ2) is 8.31. The normalized spacial score (nSPS) is 44.8. The molecule has 5 aliphatic rings. The lowest BCUT2D eigenvalue weighted by atomic mass is 9.45. The summed E-state index contributed by atoms with van der Waals surface area (Å²) in [6, 6.07) is 0. The van der Waals surface area contributed by atoms with Crippen LogP contribution in [0.25, 0.3) is 0 Å². The number of ketones is 2. The Kier molecular flexibility index (Phi) is 5.86. The van der Waals surface area contributed by atoms with Gasteiger partial charge in [0.25, 0.3) is 0 Å². The summed E-state index contributed by atoms with van der Waals surface area (Å²) >= 11 is 0. The van der Waals surface area contributed by atoms with E-state index in [1.165, 1.54) is 12.0 Å². The van der Waals surface area contributed by atoms with Crippen LogP contribution in [0.4, 0.5) is 0 Å². The SMILES string of the molecule is CC12CCC(=O)C=C1CCC1C2[C@@H](O)CC2(C)C1CC[C@]2(O)C(=O)CONC1=CCCCC1. The third-order valence-corrected chi connectivity index (χ3v) is 10.2. The molecule has 7 atom stereocenters. The number of hydrogen-bond acceptors (Lipinski definition) is 6. The lowest BCUT2D eigenvalue weighted by molar-refractivity contribution is -0.184. The molecule has 0 heterocycles. The molecule has 3 N–H and O–H groups in total. The van der Waals surface area contributed by atoms with E-state index in [1.807, 2.05) is 13.0 Å². The lowest BCUT2D eigenvalue weighted by Gasteiger charge is -2.60. The summed E-state index contributed by atoms with van der Waals surface area (Å²) in [4.78, 5) is 30.9. The Bertz CT molecular complexity index is 895. The molecule has 3 fully saturated rings. The average molecular weight is 458 g/mol. The number of fused-ring (bicyclic) bond motifs is 5. The number of allylic oxidation sites excluding steroid dienone is 3. The van der Waals surface area contributed by atoms with Crippen LogP contribution < -0.4 is 5.48 Å². The van der Waals surface area contributed by atoms with Gasteiger partial charge in [0.05, 0.1) is 6.10 Å². The van der Waals surface area contributed by atoms with Crippen molar-refractivity contribution >= 4 is 11.6 Å². The molecule has 5 unspecified atom stereocenters. The smallest absolute Gasteiger partial charge is 0.193 e. The largest absolute Gasteiger partial charge is 0.393 e. The van der Waals surface area contributed by atoms with Gasteiger partial charge in [0.2, 0.25) is 0 Å². The van der Waals surface area contributed by atoms with Crippen LogP contribution in [0, 0.1) is 28.6 Å². The number of rotatable bonds is 5. The number of hydroxylamine groups is 1. The van der Waals surface area contributed by atoms with Crippen molar-refractivity contribution in [1.29, 1.82) is 0 Å². The minimum absolute atomic E-state index is 0.0808. The quantitative estimate of drug-likeness (QED) is 0.544. The van der Waals surface area contributed by atoms with E-state index in [2.05, 4.69) is 18.5 Å². The maximum Gasteiger partial charge on any atom is 0.193 e. The van der Waals surface area contributed by atoms with E-state index < -0.39 is 17.1 Å². The van der Waals surface area contributed by atoms with E-state index in [0.717, 1.165) is 50.6 Å². The first kappa shape index (κ1) is 23.3. The van der Waals surface area contributed by atoms with E-state index in [4.69, 9.17) is 4.84 Å². The lowest BCUT2D eigenvalue weighted by Crippen LogP contribution is -2.62. The van der Waals surface area contributed by atoms with Gasteiger partial charge in [0.1, 0.15) is 12.2 Å². The molecule has 6 nitrogen and oxygen atoms in total. The van der Waals surface area contributed by atoms with Gasteiger partial charge in [-0.1, -0.05) is 25.5 Å². The molecule has 33 heavy (non-hydrogen) atoms. The Hall–Kier alpha value is -1.50. The van der Waals surface area contributed by atoms with Crippen molar-refractivity contribution in [2.45, 2.75) is 96.2 Å². The minimum Gasteiger partial charge on any atom is -0.393 e. The summed E-state index contributed by atoms with van der Waals surface area (Å²) in [5.74, 6) is 0.437. The highest BCUT2D eigenvalue weighted by Crippen LogP contribution is 2.67. The molecule has 5 rings (SSSR count). The summed E-state index contributed by atoms with van der Waals surface area (Å²) < 4.78 is 0. The van der Waals surface area contributed by atoms with Crippen molar-refractivity contribution in [1.82, 2.24) is 5.48 Å². The molecule has 182 valence electrons. The fourth-order valence-electron chi connectivity index (χ4n) is 8.39. The molecule has 0 spiro atoms. The maximum absolute atomic E-state index is 13.3. The zero-order valence-electron chi connectivity index (χ0n) is 20.1. The molecule has 0 aromatic carbocycles. The van der Waals surface area contributed by atoms with Gasteiger partial charge in [-0.25, -0.2) is 0 Å². The van der Waals surface area contributed by atoms with Crippen molar-refractivity contribution in [3.8, 4) is 0 Å². The van der Waals surface area contributed by atoms with E-state index in [9.17, 15) is 19.8 Å². The second-order valence-electron chi connectivity index (χ2n) is 11.8. The predicted molar refractivity (Wildman–Crippen MR) is 124 cm³/mol. The zero-order chi connectivity index (χ0) is 23.4. The first-order chi connectivity index (χ1) is 15.7. The molecule has 0 bridgehead atoms. The average Bonchev–Trinajstić information content (AvgIpc) is 3.06. The molecular weight excluding hydrogens is 418 g/mol. The fraction of sp³-hybridized carbons (Fsp3) is 0.778. The molecule has 0 aromatic rings. The highest BCUT2D eigenvalue weighted by Gasteiger charge is 2.68. The molecule has 0 amide bonds. The van der Waals surface area contributed by atoms with E-state index in [1.54, 1.807) is 0 Å². The monoisotopic (exact) mass is 457 g/mol. The van der Waals surface area contributed by atoms with E-state index in [0.29, 0.717) is 19.3 Å². The predicted octanol–water partition coefficient (Wildman–Crippen LogP) is 3.77. The van der Waals surface area contributed by atoms with E-state index in [-0.39, 0.29) is 41.3 Å². The Morgan fingerprint density at radius 2 is 2.00 bits per heavy atom. The van der Waals surface area contributed by atoms with Gasteiger partial charge in [0, 0.05) is 17.5 Å². The summed E-state index contributed by atoms with van der Waals surface area (Å²) in [6.45, 7) is 4.06. The number of nitrogens with one attached hydrogen (secondary N) is 1. The molecule has 0 radical (unpaired) electrons. The van der Waals surface area contributed by atoms with Gasteiger partial charge in [-0.15, -0.1) is 0 Å².